The molecule has 0 atom stereocenters. The first kappa shape index (κ1) is 23.1. The van der Waals surface area contributed by atoms with Gasteiger partial charge in [-0.2, -0.15) is 0 Å². The molecule has 3 nitrogen and oxygen atoms in total. The van der Waals surface area contributed by atoms with Gasteiger partial charge in [0.15, 0.2) is 0 Å². The summed E-state index contributed by atoms with van der Waals surface area (Å²) in [4.78, 5) is 6.92. The van der Waals surface area contributed by atoms with Crippen LogP contribution < -0.4 is 0 Å². The Morgan fingerprint density at radius 1 is 0.640 bits per heavy atom. The molecule has 0 aliphatic carbocycles. The van der Waals surface area contributed by atoms with Crippen molar-refractivity contribution in [2.24, 2.45) is 0 Å². The smallest absolute Gasteiger partial charge is 0.0923 e. The third kappa shape index (κ3) is 6.16. The Balaban J connectivity index is 6.16. The number of rotatable bonds is 16. The van der Waals surface area contributed by atoms with Crippen molar-refractivity contribution in [2.45, 2.75) is 5.29 Å². The predicted octanol–water partition coefficient (Wildman–Crippen LogP) is 2.54. The van der Waals surface area contributed by atoms with Gasteiger partial charge in [-0.3, -0.25) is 9.80 Å². The van der Waals surface area contributed by atoms with Crippen LogP contribution in [0.15, 0.2) is 88.2 Å². The molecular weight excluding hydrogens is 322 g/mol. The molecule has 0 saturated carbocycles. The van der Waals surface area contributed by atoms with Crippen molar-refractivity contribution in [1.29, 1.82) is 0 Å². The second kappa shape index (κ2) is 12.5. The van der Waals surface area contributed by atoms with Crippen LogP contribution in [0.25, 0.3) is 0 Å². The summed E-state index contributed by atoms with van der Waals surface area (Å²) in [5, 5.41) is -0.323. The van der Waals surface area contributed by atoms with Gasteiger partial charge in [0.25, 0.3) is 0 Å². The first-order chi connectivity index (χ1) is 12.0. The summed E-state index contributed by atoms with van der Waals surface area (Å²) in [5.74, 6) is 0. The highest BCUT2D eigenvalue weighted by molar-refractivity contribution is 6.17. The summed E-state index contributed by atoms with van der Waals surface area (Å²) >= 11 is 0. The quantitative estimate of drug-likeness (QED) is 0.239. The van der Waals surface area contributed by atoms with E-state index < -0.39 is 0 Å². The Kier molecular flexibility index (Phi) is 11.5. The minimum atomic E-state index is -0.323. The van der Waals surface area contributed by atoms with E-state index in [1.54, 1.807) is 0 Å². The third-order valence-electron chi connectivity index (χ3n) is 4.26. The van der Waals surface area contributed by atoms with E-state index in [1.807, 2.05) is 36.5 Å². The van der Waals surface area contributed by atoms with Gasteiger partial charge in [0.1, 0.15) is 0 Å². The molecule has 0 aromatic heterocycles. The molecule has 0 fully saturated rings. The maximum atomic E-state index is 4.48. The van der Waals surface area contributed by atoms with Crippen LogP contribution in [-0.2, 0) is 0 Å². The molecular formula is C21H35N3Si. The topological polar surface area (TPSA) is 9.72 Å². The summed E-state index contributed by atoms with van der Waals surface area (Å²) in [6.45, 7) is 32.4. The fourth-order valence-electron chi connectivity index (χ4n) is 2.95. The Bertz CT molecular complexity index is 441. The summed E-state index contributed by atoms with van der Waals surface area (Å²) in [5.41, 5.74) is 1.03. The van der Waals surface area contributed by atoms with Gasteiger partial charge >= 0.3 is 0 Å². The van der Waals surface area contributed by atoms with Gasteiger partial charge in [0, 0.05) is 45.0 Å². The van der Waals surface area contributed by atoms with Gasteiger partial charge in [-0.1, -0.05) is 43.0 Å². The molecule has 0 radical (unpaired) electrons. The van der Waals surface area contributed by atoms with E-state index in [1.165, 1.54) is 0 Å². The van der Waals surface area contributed by atoms with Crippen LogP contribution in [-0.4, -0.2) is 69.5 Å². The average molecular weight is 358 g/mol. The SMILES string of the molecule is C=CCN(CC=C)C(=C)C([SiH3])(N(CC=C)CC=C)N(CC=C)CC=C. The molecule has 0 rings (SSSR count). The Labute approximate surface area is 158 Å². The zero-order valence-electron chi connectivity index (χ0n) is 16.0. The van der Waals surface area contributed by atoms with Crippen LogP contribution in [0.4, 0.5) is 0 Å². The van der Waals surface area contributed by atoms with Gasteiger partial charge in [0.05, 0.1) is 15.5 Å². The Hall–Kier alpha value is -1.88. The van der Waals surface area contributed by atoms with Crippen molar-refractivity contribution in [1.82, 2.24) is 14.7 Å². The highest BCUT2D eigenvalue weighted by atomic mass is 28.1. The summed E-state index contributed by atoms with van der Waals surface area (Å²) in [6, 6.07) is 0. The van der Waals surface area contributed by atoms with Crippen molar-refractivity contribution in [2.75, 3.05) is 39.3 Å². The van der Waals surface area contributed by atoms with Crippen molar-refractivity contribution < 1.29 is 0 Å². The summed E-state index contributed by atoms with van der Waals surface area (Å²) in [6.07, 6.45) is 11.5. The molecule has 0 aromatic carbocycles. The van der Waals surface area contributed by atoms with Crippen LogP contribution in [0.1, 0.15) is 0 Å². The Morgan fingerprint density at radius 3 is 1.16 bits per heavy atom. The average Bonchev–Trinajstić information content (AvgIpc) is 2.60. The number of hydrogen-bond donors (Lipinski definition) is 0. The predicted molar refractivity (Wildman–Crippen MR) is 118 cm³/mol. The van der Waals surface area contributed by atoms with Gasteiger partial charge in [-0.05, 0) is 0 Å². The minimum absolute atomic E-state index is 0.323. The van der Waals surface area contributed by atoms with Crippen molar-refractivity contribution in [3.63, 3.8) is 0 Å². The molecule has 0 aromatic rings. The molecule has 0 N–H and O–H groups in total. The molecule has 25 heavy (non-hydrogen) atoms. The standard InChI is InChI=1S/C21H35N3Si/c1-8-14-22(15-9-2)20(7)21(25,23(16-10-3)17-11-4)24(18-12-5)19-13-6/h8-13H,1-7,14-19H2,25H3. The highest BCUT2D eigenvalue weighted by Gasteiger charge is 2.40. The fourth-order valence-corrected chi connectivity index (χ4v) is 4.00. The first-order valence-corrected chi connectivity index (χ1v) is 9.57. The molecule has 4 heteroatoms. The number of hydrogen-bond acceptors (Lipinski definition) is 3. The zero-order valence-corrected chi connectivity index (χ0v) is 18.0. The van der Waals surface area contributed by atoms with Gasteiger partial charge in [0.2, 0.25) is 0 Å². The summed E-state index contributed by atoms with van der Waals surface area (Å²) < 4.78 is 0. The van der Waals surface area contributed by atoms with Crippen molar-refractivity contribution >= 4 is 10.2 Å². The summed E-state index contributed by atoms with van der Waals surface area (Å²) in [7, 11) is 0.839. The van der Waals surface area contributed by atoms with Crippen LogP contribution in [0.3, 0.4) is 0 Å². The molecule has 138 valence electrons. The maximum Gasteiger partial charge on any atom is 0.0923 e. The van der Waals surface area contributed by atoms with E-state index >= 15 is 0 Å². The maximum absolute atomic E-state index is 4.48. The van der Waals surface area contributed by atoms with Gasteiger partial charge in [-0.15, -0.1) is 39.5 Å². The largest absolute Gasteiger partial charge is 0.366 e. The van der Waals surface area contributed by atoms with Crippen LogP contribution in [0.2, 0.25) is 0 Å². The second-order valence-electron chi connectivity index (χ2n) is 5.91. The lowest BCUT2D eigenvalue weighted by Crippen LogP contribution is -2.65. The molecule has 0 saturated heterocycles. The molecule has 0 heterocycles. The highest BCUT2D eigenvalue weighted by Crippen LogP contribution is 2.28. The lowest BCUT2D eigenvalue weighted by Gasteiger charge is -2.52. The van der Waals surface area contributed by atoms with Crippen molar-refractivity contribution in [3.05, 3.63) is 88.2 Å². The van der Waals surface area contributed by atoms with E-state index in [4.69, 9.17) is 0 Å². The van der Waals surface area contributed by atoms with E-state index in [-0.39, 0.29) is 5.29 Å². The van der Waals surface area contributed by atoms with Gasteiger partial charge < -0.3 is 4.90 Å². The first-order valence-electron chi connectivity index (χ1n) is 8.57. The minimum Gasteiger partial charge on any atom is -0.366 e. The molecule has 0 spiro atoms. The van der Waals surface area contributed by atoms with E-state index in [2.05, 4.69) is 60.8 Å². The second-order valence-corrected chi connectivity index (χ2v) is 7.31. The van der Waals surface area contributed by atoms with E-state index in [9.17, 15) is 0 Å². The molecule has 0 amide bonds. The lowest BCUT2D eigenvalue weighted by atomic mass is 10.2. The molecule has 0 unspecified atom stereocenters. The van der Waals surface area contributed by atoms with Crippen molar-refractivity contribution in [3.8, 4) is 0 Å². The third-order valence-corrected chi connectivity index (χ3v) is 6.10. The molecule has 0 aliphatic rings. The van der Waals surface area contributed by atoms with E-state index in [0.717, 1.165) is 55.2 Å². The number of nitrogens with zero attached hydrogens (tertiary/aromatic N) is 3. The van der Waals surface area contributed by atoms with Crippen LogP contribution in [0.5, 0.6) is 0 Å². The monoisotopic (exact) mass is 357 g/mol. The molecule has 0 bridgehead atoms. The van der Waals surface area contributed by atoms with Crippen LogP contribution >= 0.6 is 0 Å². The zero-order chi connectivity index (χ0) is 19.3. The van der Waals surface area contributed by atoms with E-state index in [0.29, 0.717) is 0 Å². The molecule has 0 aliphatic heterocycles. The fraction of sp³-hybridized carbons (Fsp3) is 0.333. The van der Waals surface area contributed by atoms with Crippen LogP contribution in [0, 0.1) is 0 Å². The lowest BCUT2D eigenvalue weighted by molar-refractivity contribution is 0.0456. The normalized spacial score (nSPS) is 11.1. The van der Waals surface area contributed by atoms with Gasteiger partial charge in [-0.25, -0.2) is 0 Å². The Morgan fingerprint density at radius 2 is 0.920 bits per heavy atom.